The van der Waals surface area contributed by atoms with Crippen molar-refractivity contribution >= 4 is 46.1 Å². The van der Waals surface area contributed by atoms with Crippen LogP contribution in [0.25, 0.3) is 11.1 Å². The van der Waals surface area contributed by atoms with Gasteiger partial charge >= 0.3 is 0 Å². The second kappa shape index (κ2) is 6.49. The van der Waals surface area contributed by atoms with Crippen LogP contribution in [0.1, 0.15) is 17.5 Å². The molecule has 0 saturated carbocycles. The largest absolute Gasteiger partial charge is 0.431 e. The fraction of sp³-hybridized carbons (Fsp3) is 0.222. The number of nitrogens with zero attached hydrogens (tertiary/aromatic N) is 1. The average molecular weight is 359 g/mol. The van der Waals surface area contributed by atoms with E-state index >= 15 is 0 Å². The van der Waals surface area contributed by atoms with Crippen LogP contribution in [0.5, 0.6) is 0 Å². The topological polar surface area (TPSA) is 55.1 Å². The van der Waals surface area contributed by atoms with Crippen molar-refractivity contribution in [2.45, 2.75) is 24.5 Å². The molecule has 1 heterocycles. The Morgan fingerprint density at radius 1 is 1.21 bits per heavy atom. The van der Waals surface area contributed by atoms with Crippen molar-refractivity contribution in [2.75, 3.05) is 11.1 Å². The number of nitrogens with one attached hydrogen (secondary N) is 1. The zero-order chi connectivity index (χ0) is 16.5. The molecule has 122 valence electrons. The summed E-state index contributed by atoms with van der Waals surface area (Å²) in [6.45, 7) is 0. The van der Waals surface area contributed by atoms with E-state index in [1.807, 2.05) is 6.07 Å². The maximum Gasteiger partial charge on any atom is 0.257 e. The van der Waals surface area contributed by atoms with E-state index in [0.717, 1.165) is 24.0 Å². The second-order valence-corrected chi connectivity index (χ2v) is 7.13. The number of benzene rings is 2. The maximum absolute atomic E-state index is 12.1. The molecule has 0 spiro atoms. The zero-order valence-corrected chi connectivity index (χ0v) is 14.4. The van der Waals surface area contributed by atoms with Gasteiger partial charge in [-0.25, -0.2) is 4.98 Å². The molecule has 1 aliphatic carbocycles. The van der Waals surface area contributed by atoms with Crippen LogP contribution in [0.15, 0.2) is 46.0 Å². The van der Waals surface area contributed by atoms with Crippen LogP contribution in [-0.4, -0.2) is 16.6 Å². The Morgan fingerprint density at radius 3 is 3.00 bits per heavy atom. The summed E-state index contributed by atoms with van der Waals surface area (Å²) in [5, 5.41) is 4.00. The van der Waals surface area contributed by atoms with Gasteiger partial charge in [-0.3, -0.25) is 4.79 Å². The minimum atomic E-state index is -0.0711. The van der Waals surface area contributed by atoms with Gasteiger partial charge in [0.15, 0.2) is 5.58 Å². The highest BCUT2D eigenvalue weighted by Gasteiger charge is 2.13. The number of hydrogen-bond donors (Lipinski definition) is 1. The number of fused-ring (bicyclic) bond motifs is 2. The number of halogens is 1. The highest BCUT2D eigenvalue weighted by atomic mass is 35.5. The van der Waals surface area contributed by atoms with Crippen LogP contribution in [0.2, 0.25) is 5.02 Å². The first-order valence-corrected chi connectivity index (χ1v) is 9.14. The molecule has 4 nitrogen and oxygen atoms in total. The number of aryl methyl sites for hydroxylation is 2. The highest BCUT2D eigenvalue weighted by molar-refractivity contribution is 7.99. The van der Waals surface area contributed by atoms with Crippen LogP contribution in [0.4, 0.5) is 5.69 Å². The van der Waals surface area contributed by atoms with Crippen molar-refractivity contribution in [1.82, 2.24) is 4.98 Å². The Morgan fingerprint density at radius 2 is 2.08 bits per heavy atom. The van der Waals surface area contributed by atoms with E-state index in [1.54, 1.807) is 18.2 Å². The lowest BCUT2D eigenvalue weighted by Crippen LogP contribution is -2.14. The third-order valence-electron chi connectivity index (χ3n) is 4.04. The summed E-state index contributed by atoms with van der Waals surface area (Å²) in [5.41, 5.74) is 4.96. The Kier molecular flexibility index (Phi) is 4.21. The number of oxazole rings is 1. The van der Waals surface area contributed by atoms with E-state index in [2.05, 4.69) is 22.4 Å². The normalized spacial score (nSPS) is 13.2. The van der Waals surface area contributed by atoms with Crippen LogP contribution < -0.4 is 5.32 Å². The number of hydrogen-bond acceptors (Lipinski definition) is 4. The molecule has 3 aromatic rings. The zero-order valence-electron chi connectivity index (χ0n) is 12.8. The molecule has 0 atom stereocenters. The number of carbonyl (C=O) groups is 1. The average Bonchev–Trinajstić information content (AvgIpc) is 3.18. The predicted octanol–water partition coefficient (Wildman–Crippen LogP) is 4.70. The summed E-state index contributed by atoms with van der Waals surface area (Å²) in [6, 6.07) is 11.4. The molecule has 0 aliphatic heterocycles. The lowest BCUT2D eigenvalue weighted by atomic mass is 10.1. The molecule has 4 rings (SSSR count). The molecule has 0 saturated heterocycles. The third-order valence-corrected chi connectivity index (χ3v) is 5.10. The van der Waals surface area contributed by atoms with Gasteiger partial charge in [0.05, 0.1) is 5.75 Å². The molecule has 0 fully saturated rings. The van der Waals surface area contributed by atoms with E-state index in [1.165, 1.54) is 29.3 Å². The van der Waals surface area contributed by atoms with Gasteiger partial charge in [0, 0.05) is 16.8 Å². The summed E-state index contributed by atoms with van der Waals surface area (Å²) < 4.78 is 5.60. The van der Waals surface area contributed by atoms with Gasteiger partial charge in [0.2, 0.25) is 5.91 Å². The smallest absolute Gasteiger partial charge is 0.257 e. The molecular weight excluding hydrogens is 344 g/mol. The first-order chi connectivity index (χ1) is 11.7. The van der Waals surface area contributed by atoms with E-state index < -0.39 is 0 Å². The number of anilines is 1. The monoisotopic (exact) mass is 358 g/mol. The number of carbonyl (C=O) groups excluding carboxylic acids is 1. The SMILES string of the molecule is O=C(CSc1nc2ccc(Cl)cc2o1)Nc1ccc2c(c1)CCC2. The van der Waals surface area contributed by atoms with Crippen molar-refractivity contribution in [3.63, 3.8) is 0 Å². The fourth-order valence-corrected chi connectivity index (χ4v) is 3.71. The van der Waals surface area contributed by atoms with E-state index in [-0.39, 0.29) is 11.7 Å². The molecule has 0 bridgehead atoms. The molecular formula is C18H15ClN2O2S. The van der Waals surface area contributed by atoms with Crippen molar-refractivity contribution < 1.29 is 9.21 Å². The predicted molar refractivity (Wildman–Crippen MR) is 96.8 cm³/mol. The number of aromatic nitrogens is 1. The minimum Gasteiger partial charge on any atom is -0.431 e. The van der Waals surface area contributed by atoms with Crippen molar-refractivity contribution in [1.29, 1.82) is 0 Å². The van der Waals surface area contributed by atoms with E-state index in [9.17, 15) is 4.79 Å². The summed E-state index contributed by atoms with van der Waals surface area (Å²) >= 11 is 7.20. The van der Waals surface area contributed by atoms with Crippen LogP contribution in [0.3, 0.4) is 0 Å². The van der Waals surface area contributed by atoms with Gasteiger partial charge in [0.25, 0.3) is 5.22 Å². The van der Waals surface area contributed by atoms with E-state index in [4.69, 9.17) is 16.0 Å². The molecule has 1 aliphatic rings. The summed E-state index contributed by atoms with van der Waals surface area (Å²) in [4.78, 5) is 16.5. The number of amides is 1. The van der Waals surface area contributed by atoms with Gasteiger partial charge in [-0.05, 0) is 54.7 Å². The highest BCUT2D eigenvalue weighted by Crippen LogP contribution is 2.27. The van der Waals surface area contributed by atoms with Gasteiger partial charge < -0.3 is 9.73 Å². The van der Waals surface area contributed by atoms with Crippen molar-refractivity contribution in [2.24, 2.45) is 0 Å². The Bertz CT molecular complexity index is 923. The molecule has 24 heavy (non-hydrogen) atoms. The Hall–Kier alpha value is -1.98. The summed E-state index contributed by atoms with van der Waals surface area (Å²) in [7, 11) is 0. The molecule has 6 heteroatoms. The lowest BCUT2D eigenvalue weighted by molar-refractivity contribution is -0.113. The van der Waals surface area contributed by atoms with Crippen molar-refractivity contribution in [3.05, 3.63) is 52.5 Å². The first-order valence-electron chi connectivity index (χ1n) is 7.78. The van der Waals surface area contributed by atoms with Crippen molar-refractivity contribution in [3.8, 4) is 0 Å². The van der Waals surface area contributed by atoms with Crippen LogP contribution in [-0.2, 0) is 17.6 Å². The fourth-order valence-electron chi connectivity index (χ4n) is 2.91. The third kappa shape index (κ3) is 3.28. The van der Waals surface area contributed by atoms with Crippen LogP contribution >= 0.6 is 23.4 Å². The minimum absolute atomic E-state index is 0.0711. The molecule has 1 aromatic heterocycles. The van der Waals surface area contributed by atoms with Gasteiger partial charge in [-0.15, -0.1) is 0 Å². The maximum atomic E-state index is 12.1. The second-order valence-electron chi connectivity index (χ2n) is 5.77. The summed E-state index contributed by atoms with van der Waals surface area (Å²) in [6.07, 6.45) is 3.44. The number of thioether (sulfide) groups is 1. The van der Waals surface area contributed by atoms with Gasteiger partial charge in [0.1, 0.15) is 5.52 Å². The molecule has 0 radical (unpaired) electrons. The van der Waals surface area contributed by atoms with Gasteiger partial charge in [-0.2, -0.15) is 0 Å². The Labute approximate surface area is 148 Å². The Balaban J connectivity index is 1.39. The molecule has 1 N–H and O–H groups in total. The molecule has 0 unspecified atom stereocenters. The number of rotatable bonds is 4. The van der Waals surface area contributed by atoms with Crippen LogP contribution in [0, 0.1) is 0 Å². The first kappa shape index (κ1) is 15.5. The lowest BCUT2D eigenvalue weighted by Gasteiger charge is -2.06. The quantitative estimate of drug-likeness (QED) is 0.687. The summed E-state index contributed by atoms with van der Waals surface area (Å²) in [5.74, 6) is 0.177. The molecule has 1 amide bonds. The standard InChI is InChI=1S/C18H15ClN2O2S/c19-13-5-7-15-16(9-13)23-18(21-15)24-10-17(22)20-14-6-4-11-2-1-3-12(11)8-14/h4-9H,1-3,10H2,(H,20,22). The van der Waals surface area contributed by atoms with E-state index in [0.29, 0.717) is 15.8 Å². The molecule has 2 aromatic carbocycles. The van der Waals surface area contributed by atoms with Gasteiger partial charge in [-0.1, -0.05) is 29.4 Å².